The van der Waals surface area contributed by atoms with Gasteiger partial charge < -0.3 is 0 Å². The van der Waals surface area contributed by atoms with Gasteiger partial charge in [0.25, 0.3) is 0 Å². The molecule has 0 saturated carbocycles. The lowest BCUT2D eigenvalue weighted by Gasteiger charge is -2.25. The Hall–Kier alpha value is -5.98. The molecule has 43 heavy (non-hydrogen) atoms. The quantitative estimate of drug-likeness (QED) is 0.212. The third kappa shape index (κ3) is 4.92. The first-order valence-electron chi connectivity index (χ1n) is 14.0. The molecular weight excluding hydrogens is 528 g/mol. The van der Waals surface area contributed by atoms with Gasteiger partial charge in [0.15, 0.2) is 5.69 Å². The van der Waals surface area contributed by atoms with E-state index >= 15 is 0 Å². The molecule has 0 N–H and O–H groups in total. The molecule has 0 spiro atoms. The fraction of sp³-hybridized carbons (Fsp3) is 0.0811. The molecule has 6 nitrogen and oxygen atoms in total. The molecule has 0 amide bonds. The van der Waals surface area contributed by atoms with Gasteiger partial charge in [-0.3, -0.25) is 19.9 Å². The van der Waals surface area contributed by atoms with Crippen molar-refractivity contribution in [2.75, 3.05) is 0 Å². The van der Waals surface area contributed by atoms with E-state index in [4.69, 9.17) is 26.5 Å². The molecule has 5 heterocycles. The van der Waals surface area contributed by atoms with Crippen LogP contribution in [0.25, 0.3) is 4.85 Å². The second kappa shape index (κ2) is 11.1. The fourth-order valence-corrected chi connectivity index (χ4v) is 5.92. The number of pyridine rings is 4. The van der Waals surface area contributed by atoms with E-state index < -0.39 is 0 Å². The van der Waals surface area contributed by atoms with Crippen LogP contribution >= 0.6 is 0 Å². The highest BCUT2D eigenvalue weighted by molar-refractivity contribution is 5.52. The third-order valence-corrected chi connectivity index (χ3v) is 7.82. The molecule has 0 aliphatic carbocycles. The molecule has 202 valence electrons. The summed E-state index contributed by atoms with van der Waals surface area (Å²) < 4.78 is 0. The molecule has 0 radical (unpaired) electrons. The largest absolute Gasteiger partial charge is 0.260 e. The van der Waals surface area contributed by atoms with Crippen LogP contribution in [-0.4, -0.2) is 19.9 Å². The van der Waals surface area contributed by atoms with Crippen LogP contribution < -0.4 is 0 Å². The molecule has 2 aromatic carbocycles. The number of fused-ring (bicyclic) bond motifs is 6. The first-order chi connectivity index (χ1) is 21.2. The lowest BCUT2D eigenvalue weighted by molar-refractivity contribution is 0.762. The molecule has 0 saturated heterocycles. The maximum Gasteiger partial charge on any atom is 0.187 e. The van der Waals surface area contributed by atoms with Crippen LogP contribution in [0.5, 0.6) is 0 Å². The van der Waals surface area contributed by atoms with E-state index in [0.29, 0.717) is 11.3 Å². The summed E-state index contributed by atoms with van der Waals surface area (Å²) >= 11 is 0. The lowest BCUT2D eigenvalue weighted by atomic mass is 9.86. The predicted molar refractivity (Wildman–Crippen MR) is 164 cm³/mol. The zero-order valence-corrected chi connectivity index (χ0v) is 23.0. The highest BCUT2D eigenvalue weighted by Crippen LogP contribution is 2.38. The van der Waals surface area contributed by atoms with Crippen molar-refractivity contribution in [2.45, 2.75) is 17.8 Å². The van der Waals surface area contributed by atoms with Crippen molar-refractivity contribution in [1.82, 2.24) is 19.9 Å². The van der Waals surface area contributed by atoms with Crippen molar-refractivity contribution >= 4 is 5.69 Å². The average molecular weight is 553 g/mol. The van der Waals surface area contributed by atoms with E-state index in [9.17, 15) is 5.26 Å². The highest BCUT2D eigenvalue weighted by Gasteiger charge is 2.29. The Morgan fingerprint density at radius 2 is 1.02 bits per heavy atom. The van der Waals surface area contributed by atoms with Crippen LogP contribution in [0, 0.1) is 17.9 Å². The van der Waals surface area contributed by atoms with Crippen molar-refractivity contribution in [3.05, 3.63) is 195 Å². The van der Waals surface area contributed by atoms with Crippen molar-refractivity contribution < 1.29 is 0 Å². The summed E-state index contributed by atoms with van der Waals surface area (Å²) in [5.41, 5.74) is 8.79. The number of nitrogens with zero attached hydrogens (tertiary/aromatic N) is 6. The summed E-state index contributed by atoms with van der Waals surface area (Å²) in [5.74, 6) is -0.950. The fourth-order valence-electron chi connectivity index (χ4n) is 5.92. The van der Waals surface area contributed by atoms with Gasteiger partial charge in [-0.25, -0.2) is 4.85 Å². The molecule has 6 heteroatoms. The van der Waals surface area contributed by atoms with E-state index in [1.807, 2.05) is 121 Å². The van der Waals surface area contributed by atoms with Gasteiger partial charge in [0.2, 0.25) is 0 Å². The molecule has 1 aliphatic rings. The summed E-state index contributed by atoms with van der Waals surface area (Å²) in [6, 6.07) is 41.7. The normalized spacial score (nSPS) is 17.0. The summed E-state index contributed by atoms with van der Waals surface area (Å²) in [6.07, 6.45) is 1.79. The Morgan fingerprint density at radius 1 is 0.535 bits per heavy atom. The Labute approximate surface area is 249 Å². The van der Waals surface area contributed by atoms with Gasteiger partial charge in [-0.2, -0.15) is 5.26 Å². The topological polar surface area (TPSA) is 79.7 Å². The second-order valence-electron chi connectivity index (χ2n) is 10.5. The second-order valence-corrected chi connectivity index (χ2v) is 10.5. The number of nitriles is 1. The summed E-state index contributed by atoms with van der Waals surface area (Å²) in [7, 11) is 0. The van der Waals surface area contributed by atoms with Gasteiger partial charge in [-0.05, 0) is 71.8 Å². The monoisotopic (exact) mass is 552 g/mol. The minimum Gasteiger partial charge on any atom is -0.260 e. The van der Waals surface area contributed by atoms with Gasteiger partial charge in [0, 0.05) is 6.20 Å². The highest BCUT2D eigenvalue weighted by atomic mass is 14.8. The van der Waals surface area contributed by atoms with Crippen LogP contribution in [0.15, 0.2) is 128 Å². The van der Waals surface area contributed by atoms with E-state index in [-0.39, 0.29) is 17.8 Å². The van der Waals surface area contributed by atoms with Gasteiger partial charge in [0.05, 0.1) is 75.8 Å². The number of benzene rings is 2. The van der Waals surface area contributed by atoms with Crippen molar-refractivity contribution in [3.63, 3.8) is 0 Å². The summed E-state index contributed by atoms with van der Waals surface area (Å²) in [5, 5.41) is 9.71. The average Bonchev–Trinajstić information content (AvgIpc) is 3.06. The zero-order chi connectivity index (χ0) is 29.2. The Balaban J connectivity index is 1.55. The zero-order valence-electron chi connectivity index (χ0n) is 23.0. The molecule has 0 fully saturated rings. The lowest BCUT2D eigenvalue weighted by Crippen LogP contribution is -2.17. The van der Waals surface area contributed by atoms with Gasteiger partial charge in [-0.15, -0.1) is 0 Å². The summed E-state index contributed by atoms with van der Waals surface area (Å²) in [6.45, 7) is 7.64. The van der Waals surface area contributed by atoms with Gasteiger partial charge >= 0.3 is 0 Å². The molecule has 3 unspecified atom stereocenters. The Bertz CT molecular complexity index is 1920. The number of hydrogen-bond acceptors (Lipinski definition) is 5. The van der Waals surface area contributed by atoms with Gasteiger partial charge in [-0.1, -0.05) is 60.7 Å². The first kappa shape index (κ1) is 26.0. The van der Waals surface area contributed by atoms with Crippen molar-refractivity contribution in [3.8, 4) is 6.07 Å². The molecule has 3 atom stereocenters. The molecular formula is C37H24N6. The first-order valence-corrected chi connectivity index (χ1v) is 14.0. The Kier molecular flexibility index (Phi) is 6.71. The van der Waals surface area contributed by atoms with Crippen molar-refractivity contribution in [1.29, 1.82) is 5.26 Å². The molecule has 6 bridgehead atoms. The molecule has 6 aromatic rings. The van der Waals surface area contributed by atoms with E-state index in [1.54, 1.807) is 6.20 Å². The van der Waals surface area contributed by atoms with Crippen LogP contribution in [0.1, 0.15) is 74.3 Å². The maximum atomic E-state index is 9.71. The third-order valence-electron chi connectivity index (χ3n) is 7.82. The van der Waals surface area contributed by atoms with Crippen molar-refractivity contribution in [2.24, 2.45) is 0 Å². The van der Waals surface area contributed by atoms with Crippen LogP contribution in [0.2, 0.25) is 0 Å². The predicted octanol–water partition coefficient (Wildman–Crippen LogP) is 7.54. The number of hydrogen-bond donors (Lipinski definition) is 0. The van der Waals surface area contributed by atoms with E-state index in [2.05, 4.69) is 10.9 Å². The number of aromatic nitrogens is 4. The minimum absolute atomic E-state index is 0.312. The van der Waals surface area contributed by atoms with E-state index in [1.165, 1.54) is 0 Å². The van der Waals surface area contributed by atoms with E-state index in [0.717, 1.165) is 51.0 Å². The Morgan fingerprint density at radius 3 is 1.53 bits per heavy atom. The van der Waals surface area contributed by atoms with Crippen LogP contribution in [-0.2, 0) is 0 Å². The maximum absolute atomic E-state index is 9.71. The smallest absolute Gasteiger partial charge is 0.187 e. The minimum atomic E-state index is -0.321. The SMILES string of the molecule is [C-]#[N+]c1cccc(C2c3cccc(n3)C(c3cccc(C#N)c3)c3cccc(n3)C(c3ccccn3)c3cccc2n3)c1. The molecule has 4 aromatic heterocycles. The molecule has 1 aliphatic heterocycles. The van der Waals surface area contributed by atoms with Crippen LogP contribution in [0.3, 0.4) is 0 Å². The number of rotatable bonds is 3. The standard InChI is InChI=1S/C37H24N6/c1-39-27-12-5-11-26(22-27)36-31-15-6-14-29(41-31)35(25-10-4-9-24(21-25)23-38)30-16-7-18-33(42-30)37(28-13-2-3-20-40-28)34-19-8-17-32(36)43-34/h2-22,35-37H. The van der Waals surface area contributed by atoms with Crippen LogP contribution in [0.4, 0.5) is 5.69 Å². The van der Waals surface area contributed by atoms with Gasteiger partial charge in [0.1, 0.15) is 0 Å². The summed E-state index contributed by atoms with van der Waals surface area (Å²) in [4.78, 5) is 24.2. The molecule has 7 rings (SSSR count).